The molecule has 0 radical (unpaired) electrons. The molecule has 6 N–H and O–H groups in total. The van der Waals surface area contributed by atoms with Crippen LogP contribution in [0, 0.1) is 20.8 Å². The van der Waals surface area contributed by atoms with Gasteiger partial charge in [0.25, 0.3) is 15.9 Å². The molecule has 0 saturated heterocycles. The van der Waals surface area contributed by atoms with E-state index in [4.69, 9.17) is 31.4 Å². The van der Waals surface area contributed by atoms with Gasteiger partial charge in [0.05, 0.1) is 17.0 Å². The lowest BCUT2D eigenvalue weighted by Gasteiger charge is -2.39. The Kier molecular flexibility index (Phi) is 13.1. The monoisotopic (exact) mass is 611 g/mol. The molecule has 0 aromatic heterocycles. The van der Waals surface area contributed by atoms with Crippen LogP contribution in [0.25, 0.3) is 0 Å². The Labute approximate surface area is 252 Å². The van der Waals surface area contributed by atoms with Gasteiger partial charge in [-0.05, 0) is 103 Å². The molecule has 1 aromatic carbocycles. The summed E-state index contributed by atoms with van der Waals surface area (Å²) >= 11 is 0. The SMILES string of the molecule is CCCC[C@@H](C(OCC)OCC)N(C(=O)[C@@H](N)CCCN=C(N)N)S(=O)(=O)c1c(C)c(C)c2c(c1C)CCC(C)(C)O2. The van der Waals surface area contributed by atoms with Gasteiger partial charge in [0.2, 0.25) is 0 Å². The molecule has 240 valence electrons. The summed E-state index contributed by atoms with van der Waals surface area (Å²) in [4.78, 5) is 18.3. The Hall–Kier alpha value is -2.41. The number of hydrogen-bond acceptors (Lipinski definition) is 8. The zero-order valence-electron chi connectivity index (χ0n) is 26.8. The van der Waals surface area contributed by atoms with Crippen LogP contribution < -0.4 is 21.9 Å². The number of guanidine groups is 1. The molecule has 1 amide bonds. The van der Waals surface area contributed by atoms with Crippen LogP contribution in [0.15, 0.2) is 9.89 Å². The Morgan fingerprint density at radius 3 is 2.19 bits per heavy atom. The van der Waals surface area contributed by atoms with Crippen LogP contribution in [0.2, 0.25) is 0 Å². The van der Waals surface area contributed by atoms with Crippen molar-refractivity contribution in [2.75, 3.05) is 19.8 Å². The minimum atomic E-state index is -4.43. The fourth-order valence-electron chi connectivity index (χ4n) is 5.48. The number of benzene rings is 1. The van der Waals surface area contributed by atoms with Crippen molar-refractivity contribution in [1.82, 2.24) is 4.31 Å². The van der Waals surface area contributed by atoms with Gasteiger partial charge in [-0.2, -0.15) is 0 Å². The van der Waals surface area contributed by atoms with Crippen molar-refractivity contribution in [3.63, 3.8) is 0 Å². The highest BCUT2D eigenvalue weighted by molar-refractivity contribution is 7.89. The van der Waals surface area contributed by atoms with Crippen LogP contribution in [0.5, 0.6) is 5.75 Å². The highest BCUT2D eigenvalue weighted by Gasteiger charge is 2.44. The minimum absolute atomic E-state index is 0.0592. The summed E-state index contributed by atoms with van der Waals surface area (Å²) in [5.74, 6) is -0.0496. The number of nitrogens with zero attached hydrogens (tertiary/aromatic N) is 2. The van der Waals surface area contributed by atoms with Crippen LogP contribution in [0.4, 0.5) is 0 Å². The third kappa shape index (κ3) is 8.36. The van der Waals surface area contributed by atoms with Gasteiger partial charge in [-0.1, -0.05) is 19.8 Å². The number of fused-ring (bicyclic) bond motifs is 1. The summed E-state index contributed by atoms with van der Waals surface area (Å²) in [5.41, 5.74) is 19.6. The molecular weight excluding hydrogens is 558 g/mol. The molecule has 2 rings (SSSR count). The van der Waals surface area contributed by atoms with Crippen molar-refractivity contribution in [3.05, 3.63) is 22.3 Å². The lowest BCUT2D eigenvalue weighted by atomic mass is 9.88. The second kappa shape index (κ2) is 15.4. The molecule has 1 aliphatic rings. The Morgan fingerprint density at radius 1 is 1.02 bits per heavy atom. The van der Waals surface area contributed by atoms with Crippen LogP contribution >= 0.6 is 0 Å². The van der Waals surface area contributed by atoms with E-state index in [2.05, 4.69) is 4.99 Å². The third-order valence-corrected chi connectivity index (χ3v) is 9.91. The molecule has 1 aliphatic heterocycles. The second-order valence-corrected chi connectivity index (χ2v) is 13.3. The Balaban J connectivity index is 2.76. The summed E-state index contributed by atoms with van der Waals surface area (Å²) in [6, 6.07) is -2.03. The van der Waals surface area contributed by atoms with Gasteiger partial charge in [-0.15, -0.1) is 0 Å². The van der Waals surface area contributed by atoms with E-state index < -0.39 is 34.3 Å². The van der Waals surface area contributed by atoms with Crippen molar-refractivity contribution in [2.24, 2.45) is 22.2 Å². The number of unbranched alkanes of at least 4 members (excludes halogenated alkanes) is 1. The van der Waals surface area contributed by atoms with Crippen molar-refractivity contribution < 1.29 is 27.4 Å². The zero-order chi connectivity index (χ0) is 31.8. The first-order chi connectivity index (χ1) is 19.6. The molecule has 0 spiro atoms. The molecular formula is C30H53N5O6S. The van der Waals surface area contributed by atoms with E-state index in [9.17, 15) is 13.2 Å². The van der Waals surface area contributed by atoms with Gasteiger partial charge < -0.3 is 31.4 Å². The quantitative estimate of drug-likeness (QED) is 0.109. The average Bonchev–Trinajstić information content (AvgIpc) is 2.90. The molecule has 0 aliphatic carbocycles. The number of carbonyl (C=O) groups excluding carboxylic acids is 1. The second-order valence-electron chi connectivity index (χ2n) is 11.6. The first-order valence-corrected chi connectivity index (χ1v) is 16.5. The largest absolute Gasteiger partial charge is 0.487 e. The van der Waals surface area contributed by atoms with Gasteiger partial charge in [0, 0.05) is 19.8 Å². The standard InChI is InChI=1S/C30H53N5O6S/c1-9-12-15-24(28(39-10-2)40-11-3)35(27(36)23(31)14-13-18-34-29(32)33)42(37,38)26-20(5)19(4)25-22(21(26)6)16-17-30(7,8)41-25/h23-24,28H,9-18,31H2,1-8H3,(H4,32,33,34)/t23-,24-/m0/s1. The lowest BCUT2D eigenvalue weighted by Crippen LogP contribution is -2.56. The molecule has 0 saturated carbocycles. The van der Waals surface area contributed by atoms with E-state index in [1.807, 2.05) is 41.5 Å². The van der Waals surface area contributed by atoms with Crippen molar-refractivity contribution in [2.45, 2.75) is 129 Å². The molecule has 1 aromatic rings. The molecule has 0 unspecified atom stereocenters. The first kappa shape index (κ1) is 35.8. The molecule has 1 heterocycles. The van der Waals surface area contributed by atoms with Crippen LogP contribution in [0.1, 0.15) is 95.4 Å². The van der Waals surface area contributed by atoms with Gasteiger partial charge in [-0.25, -0.2) is 12.7 Å². The fraction of sp³-hybridized carbons (Fsp3) is 0.733. The smallest absolute Gasteiger partial charge is 0.267 e. The minimum Gasteiger partial charge on any atom is -0.487 e. The maximum atomic E-state index is 14.9. The predicted octanol–water partition coefficient (Wildman–Crippen LogP) is 3.57. The van der Waals surface area contributed by atoms with Crippen LogP contribution in [0.3, 0.4) is 0 Å². The molecule has 42 heavy (non-hydrogen) atoms. The van der Waals surface area contributed by atoms with Crippen molar-refractivity contribution >= 4 is 21.9 Å². The number of rotatable bonds is 16. The fourth-order valence-corrected chi connectivity index (χ4v) is 7.66. The maximum absolute atomic E-state index is 14.9. The van der Waals surface area contributed by atoms with E-state index in [-0.39, 0.29) is 42.6 Å². The first-order valence-electron chi connectivity index (χ1n) is 15.1. The number of carbonyl (C=O) groups is 1. The van der Waals surface area contributed by atoms with E-state index in [1.54, 1.807) is 13.8 Å². The predicted molar refractivity (Wildman–Crippen MR) is 166 cm³/mol. The molecule has 2 atom stereocenters. The summed E-state index contributed by atoms with van der Waals surface area (Å²) in [5, 5.41) is 0. The molecule has 12 heteroatoms. The number of nitrogens with two attached hydrogens (primary N) is 3. The summed E-state index contributed by atoms with van der Waals surface area (Å²) in [7, 11) is -4.43. The van der Waals surface area contributed by atoms with E-state index in [1.165, 1.54) is 0 Å². The number of amides is 1. The van der Waals surface area contributed by atoms with Gasteiger partial charge in [0.15, 0.2) is 12.2 Å². The highest BCUT2D eigenvalue weighted by Crippen LogP contribution is 2.43. The Morgan fingerprint density at radius 2 is 1.64 bits per heavy atom. The van der Waals surface area contributed by atoms with Crippen LogP contribution in [-0.2, 0) is 30.7 Å². The maximum Gasteiger partial charge on any atom is 0.267 e. The summed E-state index contributed by atoms with van der Waals surface area (Å²) < 4.78 is 48.9. The summed E-state index contributed by atoms with van der Waals surface area (Å²) in [6.07, 6.45) is 2.84. The number of ether oxygens (including phenoxy) is 3. The average molecular weight is 612 g/mol. The molecule has 11 nitrogen and oxygen atoms in total. The number of aliphatic imine (C=N–C) groups is 1. The summed E-state index contributed by atoms with van der Waals surface area (Å²) in [6.45, 7) is 15.9. The Bertz CT molecular complexity index is 1210. The topological polar surface area (TPSA) is 173 Å². The number of sulfonamides is 1. The van der Waals surface area contributed by atoms with Crippen molar-refractivity contribution in [3.8, 4) is 5.75 Å². The third-order valence-electron chi connectivity index (χ3n) is 7.82. The van der Waals surface area contributed by atoms with Gasteiger partial charge >= 0.3 is 0 Å². The van der Waals surface area contributed by atoms with E-state index >= 15 is 0 Å². The van der Waals surface area contributed by atoms with Crippen LogP contribution in [-0.4, -0.2) is 68.3 Å². The zero-order valence-corrected chi connectivity index (χ0v) is 27.6. The molecule has 0 fully saturated rings. The number of hydrogen-bond donors (Lipinski definition) is 3. The van der Waals surface area contributed by atoms with Crippen molar-refractivity contribution in [1.29, 1.82) is 0 Å². The van der Waals surface area contributed by atoms with E-state index in [0.717, 1.165) is 34.0 Å². The van der Waals surface area contributed by atoms with Gasteiger partial charge in [0.1, 0.15) is 11.4 Å². The lowest BCUT2D eigenvalue weighted by molar-refractivity contribution is -0.172. The van der Waals surface area contributed by atoms with Gasteiger partial charge in [-0.3, -0.25) is 9.79 Å². The van der Waals surface area contributed by atoms with E-state index in [0.29, 0.717) is 36.8 Å². The highest BCUT2D eigenvalue weighted by atomic mass is 32.2. The normalized spacial score (nSPS) is 16.0. The molecule has 0 bridgehead atoms.